The number of unbranched alkanes of at least 4 members (excludes halogenated alkanes) is 1. The van der Waals surface area contributed by atoms with Gasteiger partial charge in [-0.1, -0.05) is 13.3 Å². The number of amides is 1. The number of hydrogen-bond acceptors (Lipinski definition) is 5. The smallest absolute Gasteiger partial charge is 0.261 e. The first-order valence-corrected chi connectivity index (χ1v) is 6.74. The van der Waals surface area contributed by atoms with E-state index in [1.807, 2.05) is 5.38 Å². The van der Waals surface area contributed by atoms with Gasteiger partial charge < -0.3 is 0 Å². The van der Waals surface area contributed by atoms with E-state index in [0.29, 0.717) is 17.9 Å². The van der Waals surface area contributed by atoms with Gasteiger partial charge in [0.05, 0.1) is 23.5 Å². The first-order chi connectivity index (χ1) is 8.83. The van der Waals surface area contributed by atoms with Crippen LogP contribution < -0.4 is 4.90 Å². The molecule has 0 aliphatic carbocycles. The molecule has 0 N–H and O–H groups in total. The van der Waals surface area contributed by atoms with E-state index < -0.39 is 0 Å². The SMILES string of the molecule is CCCCN(C(=O)c1ccnnc1)c1cscn1. The van der Waals surface area contributed by atoms with Gasteiger partial charge in [0.2, 0.25) is 0 Å². The van der Waals surface area contributed by atoms with Crippen molar-refractivity contribution in [2.75, 3.05) is 11.4 Å². The molecule has 5 nitrogen and oxygen atoms in total. The highest BCUT2D eigenvalue weighted by Gasteiger charge is 2.18. The maximum atomic E-state index is 12.4. The van der Waals surface area contributed by atoms with Gasteiger partial charge in [-0.05, 0) is 12.5 Å². The van der Waals surface area contributed by atoms with Crippen molar-refractivity contribution in [3.8, 4) is 0 Å². The highest BCUT2D eigenvalue weighted by molar-refractivity contribution is 7.07. The molecule has 1 amide bonds. The van der Waals surface area contributed by atoms with E-state index in [1.165, 1.54) is 23.7 Å². The normalized spacial score (nSPS) is 10.3. The van der Waals surface area contributed by atoms with Crippen LogP contribution in [0, 0.1) is 0 Å². The van der Waals surface area contributed by atoms with Crippen LogP contribution in [0.3, 0.4) is 0 Å². The van der Waals surface area contributed by atoms with E-state index in [4.69, 9.17) is 0 Å². The zero-order chi connectivity index (χ0) is 12.8. The number of hydrogen-bond donors (Lipinski definition) is 0. The van der Waals surface area contributed by atoms with Crippen molar-refractivity contribution >= 4 is 23.1 Å². The second kappa shape index (κ2) is 6.20. The Bertz CT molecular complexity index is 486. The van der Waals surface area contributed by atoms with E-state index in [9.17, 15) is 4.79 Å². The summed E-state index contributed by atoms with van der Waals surface area (Å²) in [7, 11) is 0. The molecule has 0 aromatic carbocycles. The van der Waals surface area contributed by atoms with Crippen LogP contribution in [0.2, 0.25) is 0 Å². The fourth-order valence-corrected chi connectivity index (χ4v) is 2.09. The second-order valence-corrected chi connectivity index (χ2v) is 4.51. The average Bonchev–Trinajstić information content (AvgIpc) is 2.94. The zero-order valence-corrected chi connectivity index (χ0v) is 10.9. The quantitative estimate of drug-likeness (QED) is 0.830. The average molecular weight is 262 g/mol. The van der Waals surface area contributed by atoms with E-state index in [2.05, 4.69) is 22.1 Å². The number of thiazole rings is 1. The molecule has 0 fully saturated rings. The Morgan fingerprint density at radius 2 is 2.33 bits per heavy atom. The van der Waals surface area contributed by atoms with E-state index in [-0.39, 0.29) is 5.91 Å². The number of nitrogens with zero attached hydrogens (tertiary/aromatic N) is 4. The summed E-state index contributed by atoms with van der Waals surface area (Å²) in [6.07, 6.45) is 4.98. The van der Waals surface area contributed by atoms with Crippen molar-refractivity contribution in [3.63, 3.8) is 0 Å². The van der Waals surface area contributed by atoms with Gasteiger partial charge in [-0.3, -0.25) is 9.69 Å². The molecule has 0 spiro atoms. The highest BCUT2D eigenvalue weighted by Crippen LogP contribution is 2.17. The Morgan fingerprint density at radius 1 is 1.44 bits per heavy atom. The largest absolute Gasteiger partial charge is 0.292 e. The lowest BCUT2D eigenvalue weighted by molar-refractivity contribution is 0.0985. The summed E-state index contributed by atoms with van der Waals surface area (Å²) in [5, 5.41) is 9.29. The second-order valence-electron chi connectivity index (χ2n) is 3.79. The van der Waals surface area contributed by atoms with Gasteiger partial charge in [0.15, 0.2) is 0 Å². The molecule has 0 unspecified atom stereocenters. The summed E-state index contributed by atoms with van der Waals surface area (Å²) in [5.74, 6) is 0.625. The lowest BCUT2D eigenvalue weighted by Crippen LogP contribution is -2.32. The lowest BCUT2D eigenvalue weighted by atomic mass is 10.2. The Balaban J connectivity index is 2.21. The number of carbonyl (C=O) groups excluding carboxylic acids is 1. The topological polar surface area (TPSA) is 59.0 Å². The maximum absolute atomic E-state index is 12.4. The van der Waals surface area contributed by atoms with Crippen LogP contribution in [0.5, 0.6) is 0 Å². The zero-order valence-electron chi connectivity index (χ0n) is 10.1. The molecule has 2 rings (SSSR count). The summed E-state index contributed by atoms with van der Waals surface area (Å²) < 4.78 is 0. The van der Waals surface area contributed by atoms with Crippen molar-refractivity contribution in [3.05, 3.63) is 34.9 Å². The van der Waals surface area contributed by atoms with E-state index in [1.54, 1.807) is 16.5 Å². The molecule has 18 heavy (non-hydrogen) atoms. The number of anilines is 1. The Morgan fingerprint density at radius 3 is 2.94 bits per heavy atom. The first-order valence-electron chi connectivity index (χ1n) is 5.79. The van der Waals surface area contributed by atoms with Crippen molar-refractivity contribution in [2.45, 2.75) is 19.8 Å². The van der Waals surface area contributed by atoms with Gasteiger partial charge in [0.1, 0.15) is 5.82 Å². The molecule has 0 aliphatic heterocycles. The van der Waals surface area contributed by atoms with Gasteiger partial charge in [0.25, 0.3) is 5.91 Å². The third-order valence-electron chi connectivity index (χ3n) is 2.51. The van der Waals surface area contributed by atoms with Crippen molar-refractivity contribution in [1.82, 2.24) is 15.2 Å². The molecule has 0 bridgehead atoms. The van der Waals surface area contributed by atoms with Gasteiger partial charge in [-0.2, -0.15) is 10.2 Å². The predicted molar refractivity (Wildman–Crippen MR) is 70.7 cm³/mol. The molecule has 0 saturated carbocycles. The van der Waals surface area contributed by atoms with E-state index >= 15 is 0 Å². The minimum absolute atomic E-state index is 0.0794. The van der Waals surface area contributed by atoms with Crippen LogP contribution in [0.15, 0.2) is 29.4 Å². The minimum atomic E-state index is -0.0794. The van der Waals surface area contributed by atoms with Crippen LogP contribution in [-0.4, -0.2) is 27.6 Å². The minimum Gasteiger partial charge on any atom is -0.292 e. The fourth-order valence-electron chi connectivity index (χ4n) is 1.55. The van der Waals surface area contributed by atoms with Gasteiger partial charge >= 0.3 is 0 Å². The van der Waals surface area contributed by atoms with Crippen LogP contribution in [-0.2, 0) is 0 Å². The molecule has 0 radical (unpaired) electrons. The number of carbonyl (C=O) groups is 1. The molecule has 2 heterocycles. The molecular formula is C12H14N4OS. The standard InChI is InChI=1S/C12H14N4OS/c1-2-3-6-16(11-8-18-9-13-11)12(17)10-4-5-14-15-7-10/h4-5,7-9H,2-3,6H2,1H3. The summed E-state index contributed by atoms with van der Waals surface area (Å²) in [4.78, 5) is 18.3. The van der Waals surface area contributed by atoms with Crippen LogP contribution in [0.1, 0.15) is 30.1 Å². The monoisotopic (exact) mass is 262 g/mol. The Labute approximate surface area is 110 Å². The van der Waals surface area contributed by atoms with Crippen LogP contribution in [0.4, 0.5) is 5.82 Å². The van der Waals surface area contributed by atoms with E-state index in [0.717, 1.165) is 12.8 Å². The van der Waals surface area contributed by atoms with Gasteiger partial charge in [-0.15, -0.1) is 11.3 Å². The molecule has 0 aliphatic rings. The third-order valence-corrected chi connectivity index (χ3v) is 3.08. The first kappa shape index (κ1) is 12.6. The molecule has 0 atom stereocenters. The molecule has 0 saturated heterocycles. The fraction of sp³-hybridized carbons (Fsp3) is 0.333. The molecular weight excluding hydrogens is 248 g/mol. The van der Waals surface area contributed by atoms with Crippen molar-refractivity contribution < 1.29 is 4.79 Å². The van der Waals surface area contributed by atoms with Gasteiger partial charge in [-0.25, -0.2) is 4.98 Å². The van der Waals surface area contributed by atoms with Gasteiger partial charge in [0, 0.05) is 11.9 Å². The Hall–Kier alpha value is -1.82. The lowest BCUT2D eigenvalue weighted by Gasteiger charge is -2.19. The molecule has 94 valence electrons. The van der Waals surface area contributed by atoms with Crippen LogP contribution >= 0.6 is 11.3 Å². The van der Waals surface area contributed by atoms with Crippen LogP contribution in [0.25, 0.3) is 0 Å². The summed E-state index contributed by atoms with van der Waals surface area (Å²) in [6.45, 7) is 2.76. The Kier molecular flexibility index (Phi) is 4.35. The number of aromatic nitrogens is 3. The summed E-state index contributed by atoms with van der Waals surface area (Å²) >= 11 is 1.48. The summed E-state index contributed by atoms with van der Waals surface area (Å²) in [6, 6.07) is 1.67. The number of rotatable bonds is 5. The predicted octanol–water partition coefficient (Wildman–Crippen LogP) is 2.38. The molecule has 2 aromatic heterocycles. The van der Waals surface area contributed by atoms with Crippen molar-refractivity contribution in [2.24, 2.45) is 0 Å². The summed E-state index contributed by atoms with van der Waals surface area (Å²) in [5.41, 5.74) is 2.26. The third kappa shape index (κ3) is 2.89. The molecule has 6 heteroatoms. The highest BCUT2D eigenvalue weighted by atomic mass is 32.1. The van der Waals surface area contributed by atoms with Crippen molar-refractivity contribution in [1.29, 1.82) is 0 Å². The molecule has 2 aromatic rings. The maximum Gasteiger partial charge on any atom is 0.261 e.